The molecular weight excluding hydrogens is 471 g/mol. The van der Waals surface area contributed by atoms with Gasteiger partial charge in [-0.2, -0.15) is 0 Å². The van der Waals surface area contributed by atoms with Gasteiger partial charge in [0.2, 0.25) is 0 Å². The maximum atomic E-state index is 14.6. The molecule has 0 radical (unpaired) electrons. The predicted octanol–water partition coefficient (Wildman–Crippen LogP) is 6.57. The first-order valence-electron chi connectivity index (χ1n) is 11.9. The molecule has 0 N–H and O–H groups in total. The van der Waals surface area contributed by atoms with E-state index in [4.69, 9.17) is 29.2 Å². The van der Waals surface area contributed by atoms with Crippen LogP contribution in [0.1, 0.15) is 19.9 Å². The minimum absolute atomic E-state index is 0.0428. The van der Waals surface area contributed by atoms with Gasteiger partial charge in [-0.1, -0.05) is 0 Å². The third kappa shape index (κ3) is 4.46. The molecule has 0 spiro atoms. The van der Waals surface area contributed by atoms with Crippen LogP contribution in [0.15, 0.2) is 66.7 Å². The van der Waals surface area contributed by atoms with Crippen molar-refractivity contribution < 1.29 is 18.6 Å². The van der Waals surface area contributed by atoms with Crippen LogP contribution in [0.5, 0.6) is 17.2 Å². The molecule has 0 amide bonds. The Labute approximate surface area is 214 Å². The fourth-order valence-corrected chi connectivity index (χ4v) is 4.29. The number of halogens is 1. The van der Waals surface area contributed by atoms with Crippen LogP contribution < -0.4 is 14.2 Å². The molecule has 5 rings (SSSR count). The smallest absolute Gasteiger partial charge is 0.165 e. The molecule has 0 fully saturated rings. The van der Waals surface area contributed by atoms with E-state index in [0.29, 0.717) is 28.2 Å². The number of rotatable bonds is 7. The van der Waals surface area contributed by atoms with Gasteiger partial charge in [0, 0.05) is 22.7 Å². The van der Waals surface area contributed by atoms with E-state index < -0.39 is 5.82 Å². The van der Waals surface area contributed by atoms with Crippen molar-refractivity contribution in [2.24, 2.45) is 0 Å². The summed E-state index contributed by atoms with van der Waals surface area (Å²) in [5.41, 5.74) is 4.27. The van der Waals surface area contributed by atoms with Crippen LogP contribution >= 0.6 is 0 Å². The van der Waals surface area contributed by atoms with Crippen LogP contribution in [0.3, 0.4) is 0 Å². The van der Waals surface area contributed by atoms with E-state index in [9.17, 15) is 4.39 Å². The Morgan fingerprint density at radius 3 is 1.84 bits per heavy atom. The summed E-state index contributed by atoms with van der Waals surface area (Å²) in [5, 5.41) is 0. The van der Waals surface area contributed by atoms with Crippen molar-refractivity contribution in [1.82, 2.24) is 19.5 Å². The molecule has 3 aromatic carbocycles. The molecule has 0 saturated heterocycles. The first-order valence-corrected chi connectivity index (χ1v) is 11.9. The SMILES string of the molecule is COc1ccc(-c2nc(-c3ccc(OC)c(F)c3)nc3c2nc(-c2ccc(OC)cc2)n3C(C)C)cc1. The first-order chi connectivity index (χ1) is 17.9. The van der Waals surface area contributed by atoms with Crippen molar-refractivity contribution in [1.29, 1.82) is 0 Å². The van der Waals surface area contributed by atoms with Crippen molar-refractivity contribution in [3.8, 4) is 51.3 Å². The van der Waals surface area contributed by atoms with Gasteiger partial charge in [-0.3, -0.25) is 0 Å². The lowest BCUT2D eigenvalue weighted by Crippen LogP contribution is -2.05. The molecule has 0 aliphatic rings. The molecule has 5 aromatic rings. The maximum Gasteiger partial charge on any atom is 0.165 e. The molecule has 7 nitrogen and oxygen atoms in total. The summed E-state index contributed by atoms with van der Waals surface area (Å²) in [7, 11) is 4.70. The summed E-state index contributed by atoms with van der Waals surface area (Å²) in [6.45, 7) is 4.16. The standard InChI is InChI=1S/C29H27FN4O3/c1-17(2)34-28(19-8-13-22(36-4)14-9-19)32-26-25(18-6-11-21(35-3)12-7-18)31-27(33-29(26)34)20-10-15-24(37-5)23(30)16-20/h6-17H,1-5H3. The number of ether oxygens (including phenoxy) is 3. The lowest BCUT2D eigenvalue weighted by atomic mass is 10.1. The third-order valence-electron chi connectivity index (χ3n) is 6.18. The van der Waals surface area contributed by atoms with Gasteiger partial charge in [0.15, 0.2) is 23.0 Å². The Kier molecular flexibility index (Phi) is 6.48. The number of hydrogen-bond donors (Lipinski definition) is 0. The maximum absolute atomic E-state index is 14.6. The van der Waals surface area contributed by atoms with Gasteiger partial charge in [-0.15, -0.1) is 0 Å². The second kappa shape index (κ2) is 9.89. The number of nitrogens with zero attached hydrogens (tertiary/aromatic N) is 4. The Bertz CT molecular complexity index is 1560. The van der Waals surface area contributed by atoms with E-state index in [2.05, 4.69) is 18.4 Å². The molecule has 37 heavy (non-hydrogen) atoms. The van der Waals surface area contributed by atoms with Crippen molar-refractivity contribution in [2.45, 2.75) is 19.9 Å². The number of fused-ring (bicyclic) bond motifs is 1. The summed E-state index contributed by atoms with van der Waals surface area (Å²) in [5.74, 6) is 2.33. The average Bonchev–Trinajstić information content (AvgIpc) is 3.32. The number of benzene rings is 3. The molecule has 8 heteroatoms. The van der Waals surface area contributed by atoms with Crippen molar-refractivity contribution in [3.63, 3.8) is 0 Å². The molecule has 0 aliphatic heterocycles. The normalized spacial score (nSPS) is 11.2. The highest BCUT2D eigenvalue weighted by atomic mass is 19.1. The zero-order chi connectivity index (χ0) is 26.1. The zero-order valence-corrected chi connectivity index (χ0v) is 21.3. The van der Waals surface area contributed by atoms with Gasteiger partial charge in [0.25, 0.3) is 0 Å². The minimum Gasteiger partial charge on any atom is -0.497 e. The second-order valence-corrected chi connectivity index (χ2v) is 8.77. The highest BCUT2D eigenvalue weighted by molar-refractivity contribution is 5.91. The largest absolute Gasteiger partial charge is 0.497 e. The second-order valence-electron chi connectivity index (χ2n) is 8.77. The van der Waals surface area contributed by atoms with Crippen LogP contribution in [0, 0.1) is 5.82 Å². The van der Waals surface area contributed by atoms with Crippen LogP contribution in [-0.4, -0.2) is 40.8 Å². The molecule has 0 aliphatic carbocycles. The minimum atomic E-state index is -0.481. The fourth-order valence-electron chi connectivity index (χ4n) is 4.29. The van der Waals surface area contributed by atoms with Crippen molar-refractivity contribution in [2.75, 3.05) is 21.3 Å². The molecule has 0 atom stereocenters. The topological polar surface area (TPSA) is 71.3 Å². The zero-order valence-electron chi connectivity index (χ0n) is 21.3. The Morgan fingerprint density at radius 1 is 0.703 bits per heavy atom. The molecular formula is C29H27FN4O3. The molecule has 188 valence electrons. The van der Waals surface area contributed by atoms with E-state index in [1.165, 1.54) is 13.2 Å². The monoisotopic (exact) mass is 498 g/mol. The summed E-state index contributed by atoms with van der Waals surface area (Å²) < 4.78 is 32.5. The van der Waals surface area contributed by atoms with Gasteiger partial charge in [-0.25, -0.2) is 19.3 Å². The van der Waals surface area contributed by atoms with E-state index >= 15 is 0 Å². The van der Waals surface area contributed by atoms with Crippen LogP contribution in [0.2, 0.25) is 0 Å². The first kappa shape index (κ1) is 24.2. The predicted molar refractivity (Wildman–Crippen MR) is 142 cm³/mol. The summed E-state index contributed by atoms with van der Waals surface area (Å²) >= 11 is 0. The molecule has 0 bridgehead atoms. The summed E-state index contributed by atoms with van der Waals surface area (Å²) in [4.78, 5) is 14.8. The molecule has 2 heterocycles. The molecule has 0 saturated carbocycles. The average molecular weight is 499 g/mol. The van der Waals surface area contributed by atoms with Crippen LogP contribution in [-0.2, 0) is 0 Å². The van der Waals surface area contributed by atoms with Crippen LogP contribution in [0.4, 0.5) is 4.39 Å². The van der Waals surface area contributed by atoms with Gasteiger partial charge in [0.1, 0.15) is 28.5 Å². The lowest BCUT2D eigenvalue weighted by Gasteiger charge is -2.14. The highest BCUT2D eigenvalue weighted by Crippen LogP contribution is 2.35. The number of hydrogen-bond acceptors (Lipinski definition) is 6. The molecule has 2 aromatic heterocycles. The summed E-state index contributed by atoms with van der Waals surface area (Å²) in [6, 6.07) is 20.1. The van der Waals surface area contributed by atoms with Crippen molar-refractivity contribution in [3.05, 3.63) is 72.5 Å². The summed E-state index contributed by atoms with van der Waals surface area (Å²) in [6.07, 6.45) is 0. The number of imidazole rings is 1. The van der Waals surface area contributed by atoms with Gasteiger partial charge < -0.3 is 18.8 Å². The van der Waals surface area contributed by atoms with Gasteiger partial charge >= 0.3 is 0 Å². The van der Waals surface area contributed by atoms with E-state index in [0.717, 1.165) is 28.5 Å². The van der Waals surface area contributed by atoms with E-state index in [1.807, 2.05) is 48.5 Å². The van der Waals surface area contributed by atoms with Gasteiger partial charge in [-0.05, 0) is 80.6 Å². The number of aromatic nitrogens is 4. The highest BCUT2D eigenvalue weighted by Gasteiger charge is 2.22. The fraction of sp³-hybridized carbons (Fsp3) is 0.207. The third-order valence-corrected chi connectivity index (χ3v) is 6.18. The van der Waals surface area contributed by atoms with E-state index in [-0.39, 0.29) is 11.8 Å². The lowest BCUT2D eigenvalue weighted by molar-refractivity contribution is 0.386. The van der Waals surface area contributed by atoms with Crippen LogP contribution in [0.25, 0.3) is 45.2 Å². The number of methoxy groups -OCH3 is 3. The molecule has 0 unspecified atom stereocenters. The Hall–Kier alpha value is -4.46. The quantitative estimate of drug-likeness (QED) is 0.253. The van der Waals surface area contributed by atoms with E-state index in [1.54, 1.807) is 26.4 Å². The van der Waals surface area contributed by atoms with Gasteiger partial charge in [0.05, 0.1) is 21.3 Å². The van der Waals surface area contributed by atoms with Crippen molar-refractivity contribution >= 4 is 11.2 Å². The Balaban J connectivity index is 1.80. The Morgan fingerprint density at radius 2 is 1.30 bits per heavy atom.